The molecule has 0 heterocycles. The van der Waals surface area contributed by atoms with Crippen LogP contribution in [-0.2, 0) is 35.1 Å². The number of hydrogen-bond donors (Lipinski definition) is 0. The van der Waals surface area contributed by atoms with Gasteiger partial charge in [0.2, 0.25) is 0 Å². The van der Waals surface area contributed by atoms with E-state index >= 15 is 0 Å². The van der Waals surface area contributed by atoms with Crippen LogP contribution in [0.5, 0.6) is 0 Å². The Bertz CT molecular complexity index is 1330. The molecule has 5 rings (SSSR count). The molecular formula is C34H43Cl2Zr-. The van der Waals surface area contributed by atoms with Crippen molar-refractivity contribution < 1.29 is 49.0 Å². The molecule has 0 nitrogen and oxygen atoms in total. The molecular weight excluding hydrogens is 571 g/mol. The maximum atomic E-state index is 2.44. The maximum absolute atomic E-state index is 2.44. The fourth-order valence-electron chi connectivity index (χ4n) is 5.57. The molecule has 0 N–H and O–H groups in total. The van der Waals surface area contributed by atoms with Crippen LogP contribution in [0.2, 0.25) is 0 Å². The molecule has 2 aliphatic carbocycles. The van der Waals surface area contributed by atoms with Crippen LogP contribution >= 0.6 is 0 Å². The molecule has 3 heteroatoms. The molecule has 0 spiro atoms. The van der Waals surface area contributed by atoms with Crippen LogP contribution in [0.25, 0.3) is 27.1 Å². The van der Waals surface area contributed by atoms with E-state index in [4.69, 9.17) is 0 Å². The van der Waals surface area contributed by atoms with Gasteiger partial charge in [0, 0.05) is 0 Å². The average molecular weight is 614 g/mol. The quantitative estimate of drug-likeness (QED) is 0.363. The number of fused-ring (bicyclic) bond motifs is 3. The monoisotopic (exact) mass is 611 g/mol. The summed E-state index contributed by atoms with van der Waals surface area (Å²) < 4.78 is 1.80. The van der Waals surface area contributed by atoms with Crippen molar-refractivity contribution >= 4 is 30.3 Å². The first-order chi connectivity index (χ1) is 16.4. The van der Waals surface area contributed by atoms with E-state index in [0.29, 0.717) is 0 Å². The van der Waals surface area contributed by atoms with Crippen molar-refractivity contribution in [2.24, 2.45) is 0 Å². The van der Waals surface area contributed by atoms with Gasteiger partial charge in [0.15, 0.2) is 0 Å². The fraction of sp³-hybridized carbons (Fsp3) is 0.471. The van der Waals surface area contributed by atoms with Crippen LogP contribution < -0.4 is 24.8 Å². The number of hydrogen-bond acceptors (Lipinski definition) is 0. The van der Waals surface area contributed by atoms with E-state index in [1.807, 2.05) is 0 Å². The average Bonchev–Trinajstić information content (AvgIpc) is 3.32. The van der Waals surface area contributed by atoms with Gasteiger partial charge in [-0.15, -0.1) is 33.7 Å². The van der Waals surface area contributed by atoms with Crippen LogP contribution in [0.3, 0.4) is 0 Å². The summed E-state index contributed by atoms with van der Waals surface area (Å²) in [6.45, 7) is 18.4. The summed E-state index contributed by atoms with van der Waals surface area (Å²) in [7, 11) is 0. The molecule has 0 bridgehead atoms. The first-order valence-electron chi connectivity index (χ1n) is 13.5. The third-order valence-corrected chi connectivity index (χ3v) is 9.21. The second kappa shape index (κ2) is 12.5. The van der Waals surface area contributed by atoms with Gasteiger partial charge in [-0.3, -0.25) is 0 Å². The first-order valence-corrected chi connectivity index (χ1v) is 14.7. The van der Waals surface area contributed by atoms with Crippen molar-refractivity contribution in [2.45, 2.75) is 105 Å². The van der Waals surface area contributed by atoms with Gasteiger partial charge < -0.3 is 24.8 Å². The van der Waals surface area contributed by atoms with Crippen molar-refractivity contribution in [1.82, 2.24) is 0 Å². The van der Waals surface area contributed by atoms with E-state index in [2.05, 4.69) is 97.9 Å². The Morgan fingerprint density at radius 2 is 1.41 bits per heavy atom. The molecule has 1 saturated carbocycles. The number of benzene rings is 2. The predicted molar refractivity (Wildman–Crippen MR) is 154 cm³/mol. The van der Waals surface area contributed by atoms with Crippen LogP contribution in [0.4, 0.5) is 0 Å². The topological polar surface area (TPSA) is 0 Å². The Labute approximate surface area is 252 Å². The Morgan fingerprint density at radius 3 is 1.89 bits per heavy atom. The Kier molecular flexibility index (Phi) is 11.0. The van der Waals surface area contributed by atoms with Crippen LogP contribution in [0.15, 0.2) is 53.6 Å². The standard InChI is InChI=1S/C28H33.C6H10.2ClH.Zr/c1-17-9-11-21(18(17)2)26-24-16-19-15-20(27(3,4)5)10-12-22(19)23(24)13-14-25(26)28(6,7)8;1-2-4-6-5-3-1;;;/h9-10,12-16H,11H2,1-8H3;1-5H2;2*1H;/q-1;;;;+2/p-2. The SMILES string of the molecule is CC1=CCC(c2c(C(C)(C)C)ccc3c2[cH-]c2cc(C(C)(C)C)ccc23)=C1C.[Cl-].[Cl-].[Zr+2]=[C]1CCCCC1. The summed E-state index contributed by atoms with van der Waals surface area (Å²) in [5.41, 5.74) is 9.03. The molecule has 37 heavy (non-hydrogen) atoms. The summed E-state index contributed by atoms with van der Waals surface area (Å²) in [6.07, 6.45) is 10.8. The molecule has 0 saturated heterocycles. The van der Waals surface area contributed by atoms with Gasteiger partial charge in [-0.05, 0) is 31.1 Å². The van der Waals surface area contributed by atoms with Crippen molar-refractivity contribution in [2.75, 3.05) is 0 Å². The molecule has 198 valence electrons. The molecule has 1 fully saturated rings. The summed E-state index contributed by atoms with van der Waals surface area (Å²) in [5.74, 6) is 0. The van der Waals surface area contributed by atoms with Gasteiger partial charge in [-0.25, -0.2) is 0 Å². The zero-order chi connectivity index (χ0) is 25.5. The molecule has 0 aliphatic heterocycles. The van der Waals surface area contributed by atoms with E-state index < -0.39 is 0 Å². The van der Waals surface area contributed by atoms with E-state index in [1.165, 1.54) is 87.1 Å². The molecule has 0 radical (unpaired) electrons. The molecule has 3 aromatic carbocycles. The molecule has 2 aliphatic rings. The molecule has 0 atom stereocenters. The van der Waals surface area contributed by atoms with Gasteiger partial charge in [-0.1, -0.05) is 105 Å². The van der Waals surface area contributed by atoms with E-state index in [-0.39, 0.29) is 35.6 Å². The first kappa shape index (κ1) is 32.3. The Morgan fingerprint density at radius 1 is 0.784 bits per heavy atom. The third-order valence-electron chi connectivity index (χ3n) is 7.98. The number of halogens is 2. The van der Waals surface area contributed by atoms with Crippen molar-refractivity contribution in [3.63, 3.8) is 0 Å². The molecule has 0 aromatic heterocycles. The van der Waals surface area contributed by atoms with Gasteiger partial charge in [0.05, 0.1) is 0 Å². The fourth-order valence-corrected chi connectivity index (χ4v) is 6.44. The van der Waals surface area contributed by atoms with Gasteiger partial charge >= 0.3 is 59.5 Å². The summed E-state index contributed by atoms with van der Waals surface area (Å²) in [4.78, 5) is 0. The van der Waals surface area contributed by atoms with E-state index in [9.17, 15) is 0 Å². The van der Waals surface area contributed by atoms with E-state index in [1.54, 1.807) is 27.4 Å². The van der Waals surface area contributed by atoms with Crippen molar-refractivity contribution in [3.8, 4) is 0 Å². The van der Waals surface area contributed by atoms with Crippen LogP contribution in [0.1, 0.15) is 111 Å². The van der Waals surface area contributed by atoms with Gasteiger partial charge in [0.1, 0.15) is 0 Å². The van der Waals surface area contributed by atoms with E-state index in [0.717, 1.165) is 6.42 Å². The molecule has 0 amide bonds. The zero-order valence-electron chi connectivity index (χ0n) is 24.0. The summed E-state index contributed by atoms with van der Waals surface area (Å²) in [5, 5.41) is 5.57. The van der Waals surface area contributed by atoms with Gasteiger partial charge in [-0.2, -0.15) is 0 Å². The third kappa shape index (κ3) is 7.01. The van der Waals surface area contributed by atoms with Crippen LogP contribution in [0, 0.1) is 0 Å². The van der Waals surface area contributed by atoms with Crippen LogP contribution in [-0.4, -0.2) is 3.21 Å². The predicted octanol–water partition coefficient (Wildman–Crippen LogP) is 4.11. The van der Waals surface area contributed by atoms with Gasteiger partial charge in [0.25, 0.3) is 0 Å². The minimum atomic E-state index is 0. The van der Waals surface area contributed by atoms with Crippen molar-refractivity contribution in [3.05, 3.63) is 70.3 Å². The minimum absolute atomic E-state index is 0. The number of allylic oxidation sites excluding steroid dienone is 4. The normalized spacial score (nSPS) is 16.3. The van der Waals surface area contributed by atoms with Crippen molar-refractivity contribution in [1.29, 1.82) is 0 Å². The Balaban J connectivity index is 0.000000466. The summed E-state index contributed by atoms with van der Waals surface area (Å²) >= 11 is 1.69. The molecule has 3 aromatic rings. The molecule has 0 unspecified atom stereocenters. The second-order valence-electron chi connectivity index (χ2n) is 12.8. The zero-order valence-corrected chi connectivity index (χ0v) is 28.0. The Hall–Kier alpha value is -0.877. The number of rotatable bonds is 1. The second-order valence-corrected chi connectivity index (χ2v) is 14.5. The summed E-state index contributed by atoms with van der Waals surface area (Å²) in [6, 6.07) is 14.2.